The monoisotopic (exact) mass is 381 g/mol. The van der Waals surface area contributed by atoms with Crippen LogP contribution in [0.1, 0.15) is 24.0 Å². The first-order valence-corrected chi connectivity index (χ1v) is 9.57. The van der Waals surface area contributed by atoms with E-state index in [-0.39, 0.29) is 18.3 Å². The van der Waals surface area contributed by atoms with Crippen molar-refractivity contribution in [3.05, 3.63) is 71.7 Å². The smallest absolute Gasteiger partial charge is 0.256 e. The summed E-state index contributed by atoms with van der Waals surface area (Å²) in [7, 11) is 0. The number of fused-ring (bicyclic) bond motifs is 1. The normalized spacial score (nSPS) is 20.1. The van der Waals surface area contributed by atoms with Crippen LogP contribution < -0.4 is 5.32 Å². The summed E-state index contributed by atoms with van der Waals surface area (Å²) in [5, 5.41) is 15.4. The van der Waals surface area contributed by atoms with E-state index in [0.717, 1.165) is 28.5 Å². The summed E-state index contributed by atoms with van der Waals surface area (Å²) < 4.78 is 13.1. The predicted octanol–water partition coefficient (Wildman–Crippen LogP) is 2.95. The molecular formula is C22H24FN3O2. The third-order valence-corrected chi connectivity index (χ3v) is 5.41. The highest BCUT2D eigenvalue weighted by molar-refractivity contribution is 5.86. The van der Waals surface area contributed by atoms with Crippen molar-refractivity contribution in [2.24, 2.45) is 0 Å². The molecule has 2 aromatic carbocycles. The van der Waals surface area contributed by atoms with Gasteiger partial charge in [-0.25, -0.2) is 4.39 Å². The van der Waals surface area contributed by atoms with Gasteiger partial charge in [0.05, 0.1) is 0 Å². The van der Waals surface area contributed by atoms with E-state index in [1.807, 2.05) is 30.5 Å². The highest BCUT2D eigenvalue weighted by Gasteiger charge is 2.41. The molecule has 0 radical (unpaired) electrons. The van der Waals surface area contributed by atoms with Crippen LogP contribution in [0.5, 0.6) is 0 Å². The molecule has 3 N–H and O–H groups in total. The van der Waals surface area contributed by atoms with Gasteiger partial charge in [-0.15, -0.1) is 0 Å². The molecule has 1 unspecified atom stereocenters. The number of aromatic nitrogens is 1. The number of halogens is 1. The molecule has 146 valence electrons. The number of hydrogen-bond donors (Lipinski definition) is 3. The SMILES string of the molecule is O=C1N(Cc2ccc(F)cc2)CCCC1(O)CNCc1cccc2[nH]ccc12. The molecule has 4 rings (SSSR count). The zero-order chi connectivity index (χ0) is 19.6. The Kier molecular flexibility index (Phi) is 5.15. The Bertz CT molecular complexity index is 969. The van der Waals surface area contributed by atoms with E-state index < -0.39 is 5.60 Å². The Morgan fingerprint density at radius 2 is 2.00 bits per heavy atom. The maximum Gasteiger partial charge on any atom is 0.256 e. The van der Waals surface area contributed by atoms with Gasteiger partial charge in [0.15, 0.2) is 5.60 Å². The van der Waals surface area contributed by atoms with E-state index in [0.29, 0.717) is 26.1 Å². The molecule has 1 amide bonds. The predicted molar refractivity (Wildman–Crippen MR) is 106 cm³/mol. The minimum Gasteiger partial charge on any atom is -0.379 e. The van der Waals surface area contributed by atoms with Crippen LogP contribution in [0.25, 0.3) is 10.9 Å². The third kappa shape index (κ3) is 3.79. The molecule has 1 atom stereocenters. The molecule has 1 fully saturated rings. The summed E-state index contributed by atoms with van der Waals surface area (Å²) >= 11 is 0. The van der Waals surface area contributed by atoms with Crippen LogP contribution in [0.3, 0.4) is 0 Å². The van der Waals surface area contributed by atoms with Crippen molar-refractivity contribution >= 4 is 16.8 Å². The lowest BCUT2D eigenvalue weighted by Gasteiger charge is -2.38. The standard InChI is InChI=1S/C22H24FN3O2/c23-18-7-5-16(6-8-18)14-26-12-2-10-22(28,21(26)27)15-24-13-17-3-1-4-20-19(17)9-11-25-20/h1,3-9,11,24-25,28H,2,10,12-15H2. The molecule has 0 saturated carbocycles. The van der Waals surface area contributed by atoms with Gasteiger partial charge >= 0.3 is 0 Å². The maximum absolute atomic E-state index is 13.1. The second kappa shape index (κ2) is 7.73. The van der Waals surface area contributed by atoms with Gasteiger partial charge in [0.2, 0.25) is 0 Å². The molecule has 0 aliphatic carbocycles. The first-order chi connectivity index (χ1) is 13.5. The van der Waals surface area contributed by atoms with E-state index in [1.54, 1.807) is 17.0 Å². The van der Waals surface area contributed by atoms with Gasteiger partial charge in [0, 0.05) is 43.3 Å². The Labute approximate surface area is 163 Å². The van der Waals surface area contributed by atoms with Crippen molar-refractivity contribution in [3.63, 3.8) is 0 Å². The van der Waals surface area contributed by atoms with Crippen molar-refractivity contribution in [3.8, 4) is 0 Å². The number of rotatable bonds is 6. The number of piperidine rings is 1. The van der Waals surface area contributed by atoms with Crippen LogP contribution in [0.15, 0.2) is 54.7 Å². The number of H-pyrrole nitrogens is 1. The van der Waals surface area contributed by atoms with Crippen molar-refractivity contribution in [2.45, 2.75) is 31.5 Å². The lowest BCUT2D eigenvalue weighted by atomic mass is 9.91. The number of nitrogens with zero attached hydrogens (tertiary/aromatic N) is 1. The Balaban J connectivity index is 1.39. The largest absolute Gasteiger partial charge is 0.379 e. The van der Waals surface area contributed by atoms with E-state index in [9.17, 15) is 14.3 Å². The molecule has 1 aliphatic heterocycles. The molecule has 5 nitrogen and oxygen atoms in total. The molecule has 3 aromatic rings. The van der Waals surface area contributed by atoms with Crippen molar-refractivity contribution < 1.29 is 14.3 Å². The number of aromatic amines is 1. The van der Waals surface area contributed by atoms with Gasteiger partial charge in [-0.2, -0.15) is 0 Å². The highest BCUT2D eigenvalue weighted by atomic mass is 19.1. The highest BCUT2D eigenvalue weighted by Crippen LogP contribution is 2.24. The van der Waals surface area contributed by atoms with Gasteiger partial charge in [-0.05, 0) is 48.2 Å². The topological polar surface area (TPSA) is 68.4 Å². The molecule has 2 heterocycles. The van der Waals surface area contributed by atoms with Crippen LogP contribution in [-0.2, 0) is 17.9 Å². The Morgan fingerprint density at radius 3 is 2.82 bits per heavy atom. The average Bonchev–Trinajstić information content (AvgIpc) is 3.17. The minimum atomic E-state index is -1.41. The number of carbonyl (C=O) groups excluding carboxylic acids is 1. The first kappa shape index (κ1) is 18.7. The first-order valence-electron chi connectivity index (χ1n) is 9.57. The van der Waals surface area contributed by atoms with Gasteiger partial charge in [0.1, 0.15) is 5.82 Å². The van der Waals surface area contributed by atoms with Crippen LogP contribution in [-0.4, -0.2) is 39.6 Å². The van der Waals surface area contributed by atoms with E-state index >= 15 is 0 Å². The summed E-state index contributed by atoms with van der Waals surface area (Å²) in [4.78, 5) is 17.7. The lowest BCUT2D eigenvalue weighted by molar-refractivity contribution is -0.157. The van der Waals surface area contributed by atoms with Crippen LogP contribution >= 0.6 is 0 Å². The number of carbonyl (C=O) groups is 1. The third-order valence-electron chi connectivity index (χ3n) is 5.41. The summed E-state index contributed by atoms with van der Waals surface area (Å²) in [5.74, 6) is -0.567. The molecule has 28 heavy (non-hydrogen) atoms. The molecule has 6 heteroatoms. The van der Waals surface area contributed by atoms with Gasteiger partial charge in [-0.3, -0.25) is 4.79 Å². The van der Waals surface area contributed by atoms with Crippen molar-refractivity contribution in [1.82, 2.24) is 15.2 Å². The number of amides is 1. The Morgan fingerprint density at radius 1 is 1.18 bits per heavy atom. The lowest BCUT2D eigenvalue weighted by Crippen LogP contribution is -2.57. The van der Waals surface area contributed by atoms with Gasteiger partial charge in [-0.1, -0.05) is 24.3 Å². The van der Waals surface area contributed by atoms with Crippen LogP contribution in [0.2, 0.25) is 0 Å². The molecular weight excluding hydrogens is 357 g/mol. The average molecular weight is 381 g/mol. The van der Waals surface area contributed by atoms with Gasteiger partial charge < -0.3 is 20.3 Å². The number of benzene rings is 2. The van der Waals surface area contributed by atoms with Crippen LogP contribution in [0, 0.1) is 5.82 Å². The quantitative estimate of drug-likeness (QED) is 0.615. The second-order valence-corrected chi connectivity index (χ2v) is 7.45. The zero-order valence-corrected chi connectivity index (χ0v) is 15.6. The van der Waals surface area contributed by atoms with E-state index in [1.165, 1.54) is 12.1 Å². The van der Waals surface area contributed by atoms with Gasteiger partial charge in [0.25, 0.3) is 5.91 Å². The second-order valence-electron chi connectivity index (χ2n) is 7.45. The molecule has 1 aromatic heterocycles. The summed E-state index contributed by atoms with van der Waals surface area (Å²) in [6, 6.07) is 14.2. The zero-order valence-electron chi connectivity index (χ0n) is 15.6. The molecule has 0 spiro atoms. The summed E-state index contributed by atoms with van der Waals surface area (Å²) in [6.45, 7) is 1.75. The Hall–Kier alpha value is -2.70. The molecule has 0 bridgehead atoms. The summed E-state index contributed by atoms with van der Waals surface area (Å²) in [6.07, 6.45) is 3.07. The number of hydrogen-bond acceptors (Lipinski definition) is 3. The fourth-order valence-corrected chi connectivity index (χ4v) is 3.90. The van der Waals surface area contributed by atoms with Crippen molar-refractivity contribution in [2.75, 3.05) is 13.1 Å². The fourth-order valence-electron chi connectivity index (χ4n) is 3.90. The number of nitrogens with one attached hydrogen (secondary N) is 2. The van der Waals surface area contributed by atoms with Crippen LogP contribution in [0.4, 0.5) is 4.39 Å². The van der Waals surface area contributed by atoms with E-state index in [2.05, 4.69) is 10.3 Å². The molecule has 1 saturated heterocycles. The maximum atomic E-state index is 13.1. The van der Waals surface area contributed by atoms with E-state index in [4.69, 9.17) is 0 Å². The minimum absolute atomic E-state index is 0.201. The van der Waals surface area contributed by atoms with Crippen molar-refractivity contribution in [1.29, 1.82) is 0 Å². The summed E-state index contributed by atoms with van der Waals surface area (Å²) in [5.41, 5.74) is 1.63. The fraction of sp³-hybridized carbons (Fsp3) is 0.318. The molecule has 1 aliphatic rings. The number of likely N-dealkylation sites (tertiary alicyclic amines) is 1. The number of aliphatic hydroxyl groups is 1.